The van der Waals surface area contributed by atoms with Gasteiger partial charge in [-0.15, -0.1) is 0 Å². The summed E-state index contributed by atoms with van der Waals surface area (Å²) in [6.45, 7) is 4.05. The first-order valence-electron chi connectivity index (χ1n) is 7.37. The lowest BCUT2D eigenvalue weighted by molar-refractivity contribution is 0.322. The average molecular weight is 370 g/mol. The van der Waals surface area contributed by atoms with Crippen LogP contribution >= 0.6 is 11.6 Å². The minimum atomic E-state index is -3.58. The lowest BCUT2D eigenvalue weighted by atomic mass is 10.2. The van der Waals surface area contributed by atoms with Crippen LogP contribution in [-0.2, 0) is 10.0 Å². The molecule has 0 bridgehead atoms. The molecule has 2 rings (SSSR count). The molecule has 2 aromatic carbocycles. The van der Waals surface area contributed by atoms with E-state index in [1.807, 2.05) is 13.0 Å². The molecule has 5 nitrogen and oxygen atoms in total. The highest BCUT2D eigenvalue weighted by Crippen LogP contribution is 2.22. The summed E-state index contributed by atoms with van der Waals surface area (Å²) < 4.78 is 37.7. The van der Waals surface area contributed by atoms with Crippen LogP contribution in [0.5, 0.6) is 11.5 Å². The number of halogens is 1. The van der Waals surface area contributed by atoms with Gasteiger partial charge in [0, 0.05) is 11.6 Å². The van der Waals surface area contributed by atoms with Crippen LogP contribution in [0.15, 0.2) is 41.3 Å². The lowest BCUT2D eigenvalue weighted by Gasteiger charge is -2.11. The Kier molecular flexibility index (Phi) is 6.10. The van der Waals surface area contributed by atoms with Crippen molar-refractivity contribution in [3.05, 3.63) is 52.5 Å². The monoisotopic (exact) mass is 369 g/mol. The second-order valence-corrected chi connectivity index (χ2v) is 7.46. The third-order valence-electron chi connectivity index (χ3n) is 3.47. The summed E-state index contributed by atoms with van der Waals surface area (Å²) >= 11 is 5.95. The van der Waals surface area contributed by atoms with E-state index in [-0.39, 0.29) is 18.0 Å². The van der Waals surface area contributed by atoms with Crippen LogP contribution in [0.4, 0.5) is 0 Å². The number of ether oxygens (including phenoxy) is 2. The van der Waals surface area contributed by atoms with E-state index in [2.05, 4.69) is 4.72 Å². The van der Waals surface area contributed by atoms with Crippen molar-refractivity contribution in [3.63, 3.8) is 0 Å². The normalized spacial score (nSPS) is 11.3. The molecule has 7 heteroatoms. The van der Waals surface area contributed by atoms with Gasteiger partial charge in [-0.25, -0.2) is 13.1 Å². The van der Waals surface area contributed by atoms with Crippen molar-refractivity contribution in [2.75, 3.05) is 20.3 Å². The Morgan fingerprint density at radius 2 is 1.83 bits per heavy atom. The summed E-state index contributed by atoms with van der Waals surface area (Å²) in [7, 11) is -2.04. The Balaban J connectivity index is 1.93. The first-order chi connectivity index (χ1) is 11.3. The van der Waals surface area contributed by atoms with Gasteiger partial charge in [-0.3, -0.25) is 0 Å². The minimum Gasteiger partial charge on any atom is -0.496 e. The highest BCUT2D eigenvalue weighted by Gasteiger charge is 2.14. The maximum absolute atomic E-state index is 12.3. The topological polar surface area (TPSA) is 64.6 Å². The third-order valence-corrected chi connectivity index (χ3v) is 5.35. The largest absolute Gasteiger partial charge is 0.496 e. The number of benzene rings is 2. The van der Waals surface area contributed by atoms with Crippen LogP contribution in [0.25, 0.3) is 0 Å². The molecule has 0 heterocycles. The summed E-state index contributed by atoms with van der Waals surface area (Å²) in [5.41, 5.74) is 1.66. The van der Waals surface area contributed by atoms with E-state index in [1.54, 1.807) is 38.3 Å². The molecular formula is C17H20ClNO4S. The lowest BCUT2D eigenvalue weighted by Crippen LogP contribution is -2.28. The highest BCUT2D eigenvalue weighted by molar-refractivity contribution is 7.89. The Bertz CT molecular complexity index is 821. The van der Waals surface area contributed by atoms with E-state index in [4.69, 9.17) is 21.1 Å². The van der Waals surface area contributed by atoms with Crippen LogP contribution < -0.4 is 14.2 Å². The van der Waals surface area contributed by atoms with Gasteiger partial charge >= 0.3 is 0 Å². The van der Waals surface area contributed by atoms with Crippen molar-refractivity contribution in [2.24, 2.45) is 0 Å². The maximum atomic E-state index is 12.3. The summed E-state index contributed by atoms with van der Waals surface area (Å²) in [4.78, 5) is 0.197. The molecule has 0 fully saturated rings. The van der Waals surface area contributed by atoms with E-state index >= 15 is 0 Å². The average Bonchev–Trinajstić information content (AvgIpc) is 2.54. The molecule has 130 valence electrons. The molecule has 24 heavy (non-hydrogen) atoms. The number of sulfonamides is 1. The third kappa shape index (κ3) is 4.63. The zero-order valence-electron chi connectivity index (χ0n) is 13.8. The SMILES string of the molecule is COc1ccc(S(=O)(=O)NCCOc2ccc(Cl)c(C)c2)cc1C. The van der Waals surface area contributed by atoms with Crippen molar-refractivity contribution in [1.29, 1.82) is 0 Å². The molecule has 0 aliphatic carbocycles. The van der Waals surface area contributed by atoms with Gasteiger partial charge in [0.05, 0.1) is 12.0 Å². The smallest absolute Gasteiger partial charge is 0.240 e. The molecule has 0 saturated carbocycles. The summed E-state index contributed by atoms with van der Waals surface area (Å²) in [6, 6.07) is 10.0. The van der Waals surface area contributed by atoms with Crippen molar-refractivity contribution < 1.29 is 17.9 Å². The Labute approximate surface area is 147 Å². The number of methoxy groups -OCH3 is 1. The minimum absolute atomic E-state index is 0.162. The van der Waals surface area contributed by atoms with Gasteiger partial charge in [-0.05, 0) is 61.4 Å². The van der Waals surface area contributed by atoms with Gasteiger partial charge in [-0.1, -0.05) is 11.6 Å². The zero-order valence-corrected chi connectivity index (χ0v) is 15.4. The number of hydrogen-bond acceptors (Lipinski definition) is 4. The number of aryl methyl sites for hydroxylation is 2. The van der Waals surface area contributed by atoms with E-state index < -0.39 is 10.0 Å². The molecule has 0 aliphatic heterocycles. The molecule has 2 aromatic rings. The second kappa shape index (κ2) is 7.88. The van der Waals surface area contributed by atoms with E-state index in [0.29, 0.717) is 16.5 Å². The van der Waals surface area contributed by atoms with Crippen LogP contribution in [0, 0.1) is 13.8 Å². The summed E-state index contributed by atoms with van der Waals surface area (Å²) in [6.07, 6.45) is 0. The van der Waals surface area contributed by atoms with Crippen LogP contribution in [-0.4, -0.2) is 28.7 Å². The van der Waals surface area contributed by atoms with Crippen LogP contribution in [0.1, 0.15) is 11.1 Å². The van der Waals surface area contributed by atoms with Gasteiger partial charge in [0.2, 0.25) is 10.0 Å². The molecule has 0 aromatic heterocycles. The summed E-state index contributed by atoms with van der Waals surface area (Å²) in [5.74, 6) is 1.30. The fraction of sp³-hybridized carbons (Fsp3) is 0.294. The first kappa shape index (κ1) is 18.6. The van der Waals surface area contributed by atoms with E-state index in [9.17, 15) is 8.42 Å². The van der Waals surface area contributed by atoms with Crippen molar-refractivity contribution >= 4 is 21.6 Å². The Hall–Kier alpha value is -1.76. The van der Waals surface area contributed by atoms with Crippen LogP contribution in [0.2, 0.25) is 5.02 Å². The van der Waals surface area contributed by atoms with Gasteiger partial charge < -0.3 is 9.47 Å². The van der Waals surface area contributed by atoms with Crippen molar-refractivity contribution in [3.8, 4) is 11.5 Å². The van der Waals surface area contributed by atoms with Crippen molar-refractivity contribution in [1.82, 2.24) is 4.72 Å². The van der Waals surface area contributed by atoms with Gasteiger partial charge in [0.25, 0.3) is 0 Å². The molecule has 0 radical (unpaired) electrons. The quantitative estimate of drug-likeness (QED) is 0.760. The van der Waals surface area contributed by atoms with E-state index in [1.165, 1.54) is 6.07 Å². The Morgan fingerprint density at radius 1 is 1.08 bits per heavy atom. The number of rotatable bonds is 7. The molecular weight excluding hydrogens is 350 g/mol. The molecule has 0 spiro atoms. The summed E-state index contributed by atoms with van der Waals surface area (Å²) in [5, 5.41) is 0.665. The Morgan fingerprint density at radius 3 is 2.46 bits per heavy atom. The van der Waals surface area contributed by atoms with Gasteiger partial charge in [-0.2, -0.15) is 0 Å². The molecule has 1 N–H and O–H groups in total. The molecule has 0 saturated heterocycles. The van der Waals surface area contributed by atoms with E-state index in [0.717, 1.165) is 11.1 Å². The van der Waals surface area contributed by atoms with Crippen molar-refractivity contribution in [2.45, 2.75) is 18.7 Å². The predicted octanol–water partition coefficient (Wildman–Crippen LogP) is 3.32. The highest BCUT2D eigenvalue weighted by atomic mass is 35.5. The van der Waals surface area contributed by atoms with Crippen LogP contribution in [0.3, 0.4) is 0 Å². The molecule has 0 atom stereocenters. The number of hydrogen-bond donors (Lipinski definition) is 1. The molecule has 0 aliphatic rings. The maximum Gasteiger partial charge on any atom is 0.240 e. The van der Waals surface area contributed by atoms with Gasteiger partial charge in [0.1, 0.15) is 18.1 Å². The first-order valence-corrected chi connectivity index (χ1v) is 9.23. The molecule has 0 unspecified atom stereocenters. The second-order valence-electron chi connectivity index (χ2n) is 5.29. The molecule has 0 amide bonds. The van der Waals surface area contributed by atoms with Gasteiger partial charge in [0.15, 0.2) is 0 Å². The fourth-order valence-electron chi connectivity index (χ4n) is 2.15. The number of nitrogens with one attached hydrogen (secondary N) is 1. The fourth-order valence-corrected chi connectivity index (χ4v) is 3.37. The zero-order chi connectivity index (χ0) is 17.7. The standard InChI is InChI=1S/C17H20ClNO4S/c1-12-10-14(4-6-16(12)18)23-9-8-19-24(20,21)15-5-7-17(22-3)13(2)11-15/h4-7,10-11,19H,8-9H2,1-3H3. The predicted molar refractivity (Wildman–Crippen MR) is 94.6 cm³/mol.